The maximum absolute atomic E-state index is 5.59. The molecule has 0 bridgehead atoms. The Bertz CT molecular complexity index is 437. The zero-order valence-corrected chi connectivity index (χ0v) is 8.62. The second kappa shape index (κ2) is 3.35. The van der Waals surface area contributed by atoms with Gasteiger partial charge in [-0.25, -0.2) is 4.98 Å². The molecule has 0 saturated carbocycles. The average molecular weight is 202 g/mol. The van der Waals surface area contributed by atoms with Gasteiger partial charge in [0.25, 0.3) is 0 Å². The van der Waals surface area contributed by atoms with Crippen molar-refractivity contribution in [1.82, 2.24) is 4.98 Å². The molecule has 2 heterocycles. The average Bonchev–Trinajstić information content (AvgIpc) is 2.83. The lowest BCUT2D eigenvalue weighted by Gasteiger charge is -2.06. The van der Waals surface area contributed by atoms with Gasteiger partial charge in [0.15, 0.2) is 0 Å². The van der Waals surface area contributed by atoms with E-state index >= 15 is 0 Å². The van der Waals surface area contributed by atoms with E-state index in [0.29, 0.717) is 6.54 Å². The summed E-state index contributed by atoms with van der Waals surface area (Å²) in [6, 6.07) is 0. The molecule has 3 rings (SSSR count). The van der Waals surface area contributed by atoms with Gasteiger partial charge in [-0.2, -0.15) is 0 Å². The standard InChI is InChI=1S/C12H14N2O/c13-5-3-8-1-2-9-7-14-12-10(11(8)9)4-6-15-12/h3,7H,1-2,4-6,13H2. The van der Waals surface area contributed by atoms with Gasteiger partial charge in [0.05, 0.1) is 6.61 Å². The molecule has 15 heavy (non-hydrogen) atoms. The van der Waals surface area contributed by atoms with Crippen LogP contribution < -0.4 is 10.5 Å². The topological polar surface area (TPSA) is 48.1 Å². The van der Waals surface area contributed by atoms with E-state index in [0.717, 1.165) is 31.7 Å². The second-order valence-electron chi connectivity index (χ2n) is 4.01. The Morgan fingerprint density at radius 2 is 2.33 bits per heavy atom. The van der Waals surface area contributed by atoms with Crippen LogP contribution in [-0.2, 0) is 12.8 Å². The largest absolute Gasteiger partial charge is 0.477 e. The van der Waals surface area contributed by atoms with Crippen LogP contribution in [0.4, 0.5) is 0 Å². The molecular formula is C12H14N2O. The molecule has 0 spiro atoms. The highest BCUT2D eigenvalue weighted by molar-refractivity contribution is 5.76. The SMILES string of the molecule is NCC=C1CCc2cnc3c(c21)CCO3. The number of pyridine rings is 1. The molecule has 78 valence electrons. The van der Waals surface area contributed by atoms with Crippen molar-refractivity contribution in [1.29, 1.82) is 0 Å². The number of hydrogen-bond donors (Lipinski definition) is 1. The molecule has 0 atom stereocenters. The first-order valence-electron chi connectivity index (χ1n) is 5.43. The van der Waals surface area contributed by atoms with E-state index in [9.17, 15) is 0 Å². The fourth-order valence-electron chi connectivity index (χ4n) is 2.52. The molecule has 2 N–H and O–H groups in total. The lowest BCUT2D eigenvalue weighted by atomic mass is 10.0. The Morgan fingerprint density at radius 3 is 3.20 bits per heavy atom. The van der Waals surface area contributed by atoms with Crippen molar-refractivity contribution in [2.24, 2.45) is 5.73 Å². The zero-order valence-electron chi connectivity index (χ0n) is 8.62. The van der Waals surface area contributed by atoms with Gasteiger partial charge in [-0.05, 0) is 29.5 Å². The van der Waals surface area contributed by atoms with E-state index in [4.69, 9.17) is 10.5 Å². The number of fused-ring (bicyclic) bond motifs is 3. The predicted octanol–water partition coefficient (Wildman–Crippen LogP) is 1.30. The predicted molar refractivity (Wildman–Crippen MR) is 58.8 cm³/mol. The zero-order chi connectivity index (χ0) is 10.3. The molecule has 0 fully saturated rings. The normalized spacial score (nSPS) is 20.2. The lowest BCUT2D eigenvalue weighted by molar-refractivity contribution is 0.344. The molecule has 0 saturated heterocycles. The molecule has 3 nitrogen and oxygen atoms in total. The summed E-state index contributed by atoms with van der Waals surface area (Å²) in [7, 11) is 0. The summed E-state index contributed by atoms with van der Waals surface area (Å²) in [4.78, 5) is 4.34. The summed E-state index contributed by atoms with van der Waals surface area (Å²) in [5, 5.41) is 0. The van der Waals surface area contributed by atoms with E-state index in [1.165, 1.54) is 22.3 Å². The Kier molecular flexibility index (Phi) is 1.99. The Balaban J connectivity index is 2.18. The van der Waals surface area contributed by atoms with E-state index in [2.05, 4.69) is 11.1 Å². The van der Waals surface area contributed by atoms with Crippen LogP contribution in [0.2, 0.25) is 0 Å². The van der Waals surface area contributed by atoms with Crippen LogP contribution in [-0.4, -0.2) is 18.1 Å². The van der Waals surface area contributed by atoms with Gasteiger partial charge in [-0.1, -0.05) is 6.08 Å². The van der Waals surface area contributed by atoms with Crippen LogP contribution in [0.5, 0.6) is 5.88 Å². The molecule has 3 heteroatoms. The Labute approximate surface area is 89.0 Å². The van der Waals surface area contributed by atoms with Crippen LogP contribution in [0.3, 0.4) is 0 Å². The molecule has 0 unspecified atom stereocenters. The van der Waals surface area contributed by atoms with Crippen LogP contribution >= 0.6 is 0 Å². The van der Waals surface area contributed by atoms with E-state index in [1.54, 1.807) is 0 Å². The van der Waals surface area contributed by atoms with Crippen molar-refractivity contribution >= 4 is 5.57 Å². The highest BCUT2D eigenvalue weighted by Gasteiger charge is 2.26. The number of aryl methyl sites for hydroxylation is 1. The minimum Gasteiger partial charge on any atom is -0.477 e. The molecule has 1 aliphatic carbocycles. The minimum absolute atomic E-state index is 0.618. The van der Waals surface area contributed by atoms with Crippen LogP contribution in [0.1, 0.15) is 23.1 Å². The first-order valence-corrected chi connectivity index (χ1v) is 5.43. The highest BCUT2D eigenvalue weighted by Crippen LogP contribution is 2.39. The van der Waals surface area contributed by atoms with Crippen molar-refractivity contribution in [3.63, 3.8) is 0 Å². The number of nitrogens with two attached hydrogens (primary N) is 1. The quantitative estimate of drug-likeness (QED) is 0.746. The monoisotopic (exact) mass is 202 g/mol. The molecule has 1 aliphatic heterocycles. The number of aromatic nitrogens is 1. The summed E-state index contributed by atoms with van der Waals surface area (Å²) in [5.41, 5.74) is 11.0. The van der Waals surface area contributed by atoms with Crippen LogP contribution in [0, 0.1) is 0 Å². The molecule has 1 aromatic rings. The first kappa shape index (κ1) is 8.92. The summed E-state index contributed by atoms with van der Waals surface area (Å²) < 4.78 is 5.48. The fourth-order valence-corrected chi connectivity index (χ4v) is 2.52. The third-order valence-corrected chi connectivity index (χ3v) is 3.16. The smallest absolute Gasteiger partial charge is 0.217 e. The van der Waals surface area contributed by atoms with E-state index in [-0.39, 0.29) is 0 Å². The number of nitrogens with zero attached hydrogens (tertiary/aromatic N) is 1. The third kappa shape index (κ3) is 1.27. The number of rotatable bonds is 1. The summed E-state index contributed by atoms with van der Waals surface area (Å²) in [5.74, 6) is 0.832. The van der Waals surface area contributed by atoms with Gasteiger partial charge in [-0.15, -0.1) is 0 Å². The number of allylic oxidation sites excluding steroid dienone is 1. The Hall–Kier alpha value is -1.35. The van der Waals surface area contributed by atoms with Crippen molar-refractivity contribution in [2.75, 3.05) is 13.2 Å². The maximum Gasteiger partial charge on any atom is 0.217 e. The van der Waals surface area contributed by atoms with Crippen LogP contribution in [0.15, 0.2) is 12.3 Å². The van der Waals surface area contributed by atoms with Crippen molar-refractivity contribution in [3.05, 3.63) is 29.0 Å². The second-order valence-corrected chi connectivity index (χ2v) is 4.01. The lowest BCUT2D eigenvalue weighted by Crippen LogP contribution is -1.96. The van der Waals surface area contributed by atoms with E-state index in [1.807, 2.05) is 6.20 Å². The van der Waals surface area contributed by atoms with Gasteiger partial charge in [-0.3, -0.25) is 0 Å². The number of ether oxygens (including phenoxy) is 1. The van der Waals surface area contributed by atoms with Gasteiger partial charge in [0.1, 0.15) is 0 Å². The fraction of sp³-hybridized carbons (Fsp3) is 0.417. The molecule has 0 amide bonds. The van der Waals surface area contributed by atoms with Crippen molar-refractivity contribution in [3.8, 4) is 5.88 Å². The highest BCUT2D eigenvalue weighted by atomic mass is 16.5. The number of hydrogen-bond acceptors (Lipinski definition) is 3. The maximum atomic E-state index is 5.59. The molecule has 2 aliphatic rings. The molecule has 0 aromatic carbocycles. The van der Waals surface area contributed by atoms with Gasteiger partial charge >= 0.3 is 0 Å². The summed E-state index contributed by atoms with van der Waals surface area (Å²) >= 11 is 0. The van der Waals surface area contributed by atoms with Gasteiger partial charge < -0.3 is 10.5 Å². The summed E-state index contributed by atoms with van der Waals surface area (Å²) in [6.07, 6.45) is 7.28. The Morgan fingerprint density at radius 1 is 1.40 bits per heavy atom. The van der Waals surface area contributed by atoms with E-state index < -0.39 is 0 Å². The molecular weight excluding hydrogens is 188 g/mol. The third-order valence-electron chi connectivity index (χ3n) is 3.16. The van der Waals surface area contributed by atoms with Crippen LogP contribution in [0.25, 0.3) is 5.57 Å². The molecule has 0 radical (unpaired) electrons. The first-order chi connectivity index (χ1) is 7.40. The van der Waals surface area contributed by atoms with Gasteiger partial charge in [0.2, 0.25) is 5.88 Å². The minimum atomic E-state index is 0.618. The van der Waals surface area contributed by atoms with Crippen molar-refractivity contribution < 1.29 is 4.74 Å². The van der Waals surface area contributed by atoms with Gasteiger partial charge in [0, 0.05) is 24.7 Å². The van der Waals surface area contributed by atoms with Crippen molar-refractivity contribution in [2.45, 2.75) is 19.3 Å². The molecule has 1 aromatic heterocycles. The summed E-state index contributed by atoms with van der Waals surface area (Å²) in [6.45, 7) is 1.39.